The van der Waals surface area contributed by atoms with Crippen LogP contribution < -0.4 is 5.32 Å². The van der Waals surface area contributed by atoms with Gasteiger partial charge in [0.25, 0.3) is 0 Å². The van der Waals surface area contributed by atoms with Crippen molar-refractivity contribution in [1.82, 2.24) is 5.32 Å². The molecule has 0 fully saturated rings. The van der Waals surface area contributed by atoms with Gasteiger partial charge in [-0.3, -0.25) is 9.59 Å². The fourth-order valence-electron chi connectivity index (χ4n) is 9.23. The third-order valence-corrected chi connectivity index (χ3v) is 13.7. The van der Waals surface area contributed by atoms with Crippen LogP contribution in [0.4, 0.5) is 0 Å². The van der Waals surface area contributed by atoms with Gasteiger partial charge in [-0.1, -0.05) is 290 Å². The first-order valence-electron chi connectivity index (χ1n) is 28.8. The number of carbonyl (C=O) groups excluding carboxylic acids is 2. The lowest BCUT2D eigenvalue weighted by atomic mass is 10.0. The molecule has 0 spiro atoms. The van der Waals surface area contributed by atoms with E-state index in [2.05, 4.69) is 19.2 Å². The number of hydrogen-bond donors (Lipinski definition) is 3. The molecule has 0 rings (SSSR count). The quantitative estimate of drug-likeness (QED) is 0.0418. The highest BCUT2D eigenvalue weighted by Gasteiger charge is 2.20. The van der Waals surface area contributed by atoms with Crippen LogP contribution in [-0.4, -0.2) is 47.4 Å². The van der Waals surface area contributed by atoms with E-state index >= 15 is 0 Å². The molecule has 0 aliphatic heterocycles. The predicted molar refractivity (Wildman–Crippen MR) is 274 cm³/mol. The van der Waals surface area contributed by atoms with E-state index in [9.17, 15) is 19.8 Å². The molecule has 63 heavy (non-hydrogen) atoms. The smallest absolute Gasteiger partial charge is 0.305 e. The van der Waals surface area contributed by atoms with E-state index in [0.717, 1.165) is 51.4 Å². The average Bonchev–Trinajstić information content (AvgIpc) is 3.28. The molecule has 0 saturated carbocycles. The third-order valence-electron chi connectivity index (χ3n) is 13.7. The molecular formula is C57H113NO5. The molecule has 376 valence electrons. The number of aliphatic hydroxyl groups is 2. The molecule has 0 aromatic carbocycles. The number of ether oxygens (including phenoxy) is 1. The van der Waals surface area contributed by atoms with Gasteiger partial charge in [-0.2, -0.15) is 0 Å². The Hall–Kier alpha value is -1.14. The maximum Gasteiger partial charge on any atom is 0.305 e. The molecule has 6 nitrogen and oxygen atoms in total. The largest absolute Gasteiger partial charge is 0.466 e. The molecule has 0 bridgehead atoms. The van der Waals surface area contributed by atoms with Gasteiger partial charge in [0, 0.05) is 12.8 Å². The summed E-state index contributed by atoms with van der Waals surface area (Å²) in [6, 6.07) is -0.550. The Morgan fingerprint density at radius 1 is 0.381 bits per heavy atom. The summed E-state index contributed by atoms with van der Waals surface area (Å²) in [6.07, 6.45) is 60.8. The van der Waals surface area contributed by atoms with Crippen LogP contribution in [0, 0.1) is 0 Å². The molecule has 0 radical (unpaired) electrons. The summed E-state index contributed by atoms with van der Waals surface area (Å²) in [5.41, 5.74) is 0. The Bertz CT molecular complexity index is 898. The molecule has 2 atom stereocenters. The lowest BCUT2D eigenvalue weighted by Gasteiger charge is -2.22. The van der Waals surface area contributed by atoms with Gasteiger partial charge in [-0.25, -0.2) is 0 Å². The maximum atomic E-state index is 12.5. The summed E-state index contributed by atoms with van der Waals surface area (Å²) in [4.78, 5) is 24.5. The molecule has 0 aromatic rings. The van der Waals surface area contributed by atoms with Gasteiger partial charge in [-0.15, -0.1) is 0 Å². The molecule has 2 unspecified atom stereocenters. The van der Waals surface area contributed by atoms with Crippen LogP contribution >= 0.6 is 0 Å². The minimum absolute atomic E-state index is 0.000838. The van der Waals surface area contributed by atoms with Crippen LogP contribution in [0.5, 0.6) is 0 Å². The van der Waals surface area contributed by atoms with Gasteiger partial charge < -0.3 is 20.3 Å². The number of esters is 1. The maximum absolute atomic E-state index is 12.5. The summed E-state index contributed by atoms with van der Waals surface area (Å²) < 4.78 is 5.48. The highest BCUT2D eigenvalue weighted by molar-refractivity contribution is 5.76. The number of aliphatic hydroxyl groups excluding tert-OH is 2. The van der Waals surface area contributed by atoms with Crippen molar-refractivity contribution >= 4 is 11.9 Å². The van der Waals surface area contributed by atoms with Gasteiger partial charge in [0.1, 0.15) is 0 Å². The van der Waals surface area contributed by atoms with Crippen molar-refractivity contribution in [2.24, 2.45) is 0 Å². The van der Waals surface area contributed by atoms with E-state index in [1.807, 2.05) is 0 Å². The van der Waals surface area contributed by atoms with Crippen LogP contribution in [0.15, 0.2) is 0 Å². The van der Waals surface area contributed by atoms with Gasteiger partial charge >= 0.3 is 5.97 Å². The first-order valence-corrected chi connectivity index (χ1v) is 28.8. The van der Waals surface area contributed by atoms with Crippen LogP contribution in [0.2, 0.25) is 0 Å². The SMILES string of the molecule is CCCCCCCCCCCCCCCCCCCC(O)C(CO)NC(=O)CCCCCCCCCCCCCCCOC(=O)CCCCCCCCCCCCCCCCCC. The van der Waals surface area contributed by atoms with Gasteiger partial charge in [-0.05, 0) is 25.7 Å². The second-order valence-corrected chi connectivity index (χ2v) is 20.0. The van der Waals surface area contributed by atoms with E-state index in [1.54, 1.807) is 0 Å². The summed E-state index contributed by atoms with van der Waals surface area (Å²) in [6.45, 7) is 4.96. The van der Waals surface area contributed by atoms with Crippen molar-refractivity contribution in [1.29, 1.82) is 0 Å². The van der Waals surface area contributed by atoms with E-state index in [1.165, 1.54) is 244 Å². The molecular weight excluding hydrogens is 779 g/mol. The fourth-order valence-corrected chi connectivity index (χ4v) is 9.23. The fraction of sp³-hybridized carbons (Fsp3) is 0.965. The minimum atomic E-state index is -0.671. The second kappa shape index (κ2) is 53.5. The number of hydrogen-bond acceptors (Lipinski definition) is 5. The molecule has 0 saturated heterocycles. The number of carbonyl (C=O) groups is 2. The van der Waals surface area contributed by atoms with Crippen LogP contribution in [0.25, 0.3) is 0 Å². The monoisotopic (exact) mass is 892 g/mol. The van der Waals surface area contributed by atoms with Crippen LogP contribution in [0.3, 0.4) is 0 Å². The number of amides is 1. The highest BCUT2D eigenvalue weighted by Crippen LogP contribution is 2.18. The predicted octanol–water partition coefficient (Wildman–Crippen LogP) is 17.5. The third kappa shape index (κ3) is 50.1. The Morgan fingerprint density at radius 2 is 0.651 bits per heavy atom. The highest BCUT2D eigenvalue weighted by atomic mass is 16.5. The summed E-state index contributed by atoms with van der Waals surface area (Å²) >= 11 is 0. The molecule has 1 amide bonds. The second-order valence-electron chi connectivity index (χ2n) is 20.0. The number of rotatable bonds is 54. The van der Waals surface area contributed by atoms with E-state index in [-0.39, 0.29) is 18.5 Å². The zero-order chi connectivity index (χ0) is 45.8. The van der Waals surface area contributed by atoms with Crippen molar-refractivity contribution in [2.45, 2.75) is 341 Å². The molecule has 0 aromatic heterocycles. The molecule has 0 aliphatic rings. The normalized spacial score (nSPS) is 12.5. The number of unbranched alkanes of at least 4 members (excludes halogenated alkanes) is 43. The molecule has 0 heterocycles. The number of nitrogens with one attached hydrogen (secondary N) is 1. The molecule has 6 heteroatoms. The average molecular weight is 893 g/mol. The lowest BCUT2D eigenvalue weighted by Crippen LogP contribution is -2.45. The van der Waals surface area contributed by atoms with Crippen molar-refractivity contribution < 1.29 is 24.5 Å². The van der Waals surface area contributed by atoms with Crippen LogP contribution in [-0.2, 0) is 14.3 Å². The van der Waals surface area contributed by atoms with Crippen molar-refractivity contribution in [3.63, 3.8) is 0 Å². The Morgan fingerprint density at radius 3 is 0.968 bits per heavy atom. The first-order chi connectivity index (χ1) is 31.0. The topological polar surface area (TPSA) is 95.9 Å². The molecule has 3 N–H and O–H groups in total. The molecule has 0 aliphatic carbocycles. The summed E-state index contributed by atoms with van der Waals surface area (Å²) in [5.74, 6) is -0.0450. The Kier molecular flexibility index (Phi) is 52.5. The Balaban J connectivity index is 3.42. The zero-order valence-electron chi connectivity index (χ0n) is 42.8. The minimum Gasteiger partial charge on any atom is -0.466 e. The zero-order valence-corrected chi connectivity index (χ0v) is 42.8. The lowest BCUT2D eigenvalue weighted by molar-refractivity contribution is -0.143. The first kappa shape index (κ1) is 61.9. The van der Waals surface area contributed by atoms with Gasteiger partial charge in [0.2, 0.25) is 5.91 Å². The van der Waals surface area contributed by atoms with Gasteiger partial charge in [0.05, 0.1) is 25.4 Å². The standard InChI is InChI=1S/C57H113NO5/c1-3-5-7-9-11-13-15-17-19-21-22-25-29-33-37-41-45-49-55(60)54(53-59)58-56(61)50-46-42-38-34-30-26-24-28-32-36-40-44-48-52-63-57(62)51-47-43-39-35-31-27-23-20-18-16-14-12-10-8-6-4-2/h54-55,59-60H,3-53H2,1-2H3,(H,58,61). The van der Waals surface area contributed by atoms with Crippen molar-refractivity contribution in [2.75, 3.05) is 13.2 Å². The van der Waals surface area contributed by atoms with Gasteiger partial charge in [0.15, 0.2) is 0 Å². The van der Waals surface area contributed by atoms with Crippen LogP contribution in [0.1, 0.15) is 328 Å². The van der Waals surface area contributed by atoms with Crippen molar-refractivity contribution in [3.8, 4) is 0 Å². The summed E-state index contributed by atoms with van der Waals surface area (Å²) in [5, 5.41) is 23.3. The summed E-state index contributed by atoms with van der Waals surface area (Å²) in [7, 11) is 0. The van der Waals surface area contributed by atoms with E-state index in [4.69, 9.17) is 4.74 Å². The van der Waals surface area contributed by atoms with E-state index < -0.39 is 12.1 Å². The van der Waals surface area contributed by atoms with Crippen molar-refractivity contribution in [3.05, 3.63) is 0 Å². The van der Waals surface area contributed by atoms with E-state index in [0.29, 0.717) is 25.9 Å². The Labute approximate surface area is 394 Å².